The van der Waals surface area contributed by atoms with Crippen LogP contribution in [0.1, 0.15) is 17.7 Å². The van der Waals surface area contributed by atoms with Crippen molar-refractivity contribution in [1.29, 1.82) is 0 Å². The molecule has 3 aromatic carbocycles. The number of carbonyl (C=O) groups is 1. The van der Waals surface area contributed by atoms with E-state index in [1.165, 1.54) is 23.9 Å². The molecule has 0 saturated carbocycles. The maximum Gasteiger partial charge on any atom is 0.242 e. The van der Waals surface area contributed by atoms with Gasteiger partial charge in [-0.15, -0.1) is 11.8 Å². The summed E-state index contributed by atoms with van der Waals surface area (Å²) in [5, 5.41) is 2.49. The van der Waals surface area contributed by atoms with Gasteiger partial charge in [0.2, 0.25) is 5.91 Å². The summed E-state index contributed by atoms with van der Waals surface area (Å²) in [6.07, 6.45) is 0. The molecule has 0 radical (unpaired) electrons. The highest BCUT2D eigenvalue weighted by molar-refractivity contribution is 8.00. The molecule has 0 saturated heterocycles. The highest BCUT2D eigenvalue weighted by atomic mass is 32.2. The SMILES string of the molecule is CCOc1ccccc1NC(=O)[C@H](Sc1ccc(F)cc1)c1ccccc1. The van der Waals surface area contributed by atoms with E-state index in [9.17, 15) is 9.18 Å². The fraction of sp³-hybridized carbons (Fsp3) is 0.136. The Kier molecular flexibility index (Phi) is 6.49. The van der Waals surface area contributed by atoms with Crippen LogP contribution in [0.2, 0.25) is 0 Å². The fourth-order valence-corrected chi connectivity index (χ4v) is 3.62. The van der Waals surface area contributed by atoms with E-state index in [0.717, 1.165) is 10.5 Å². The van der Waals surface area contributed by atoms with Crippen molar-refractivity contribution in [3.63, 3.8) is 0 Å². The number of anilines is 1. The number of rotatable bonds is 7. The van der Waals surface area contributed by atoms with Gasteiger partial charge in [0.1, 0.15) is 16.8 Å². The van der Waals surface area contributed by atoms with E-state index < -0.39 is 5.25 Å². The van der Waals surface area contributed by atoms with Crippen LogP contribution in [0.5, 0.6) is 5.75 Å². The molecule has 0 aliphatic rings. The first-order valence-electron chi connectivity index (χ1n) is 8.67. The van der Waals surface area contributed by atoms with Gasteiger partial charge in [-0.05, 0) is 48.9 Å². The molecular weight excluding hydrogens is 361 g/mol. The minimum Gasteiger partial charge on any atom is -0.492 e. The maximum atomic E-state index is 13.2. The van der Waals surface area contributed by atoms with Crippen LogP contribution in [0, 0.1) is 5.82 Å². The quantitative estimate of drug-likeness (QED) is 0.534. The molecule has 138 valence electrons. The Morgan fingerprint density at radius 1 is 1.00 bits per heavy atom. The van der Waals surface area contributed by atoms with Crippen molar-refractivity contribution < 1.29 is 13.9 Å². The highest BCUT2D eigenvalue weighted by Gasteiger charge is 2.23. The van der Waals surface area contributed by atoms with Crippen LogP contribution < -0.4 is 10.1 Å². The van der Waals surface area contributed by atoms with Crippen LogP contribution in [0.4, 0.5) is 10.1 Å². The molecule has 1 amide bonds. The number of hydrogen-bond acceptors (Lipinski definition) is 3. The van der Waals surface area contributed by atoms with Crippen molar-refractivity contribution in [2.24, 2.45) is 0 Å². The zero-order valence-corrected chi connectivity index (χ0v) is 15.7. The first kappa shape index (κ1) is 19.0. The van der Waals surface area contributed by atoms with Gasteiger partial charge in [-0.2, -0.15) is 0 Å². The third-order valence-electron chi connectivity index (χ3n) is 3.85. The van der Waals surface area contributed by atoms with Crippen LogP contribution in [0.25, 0.3) is 0 Å². The molecule has 3 nitrogen and oxygen atoms in total. The normalized spacial score (nSPS) is 11.6. The van der Waals surface area contributed by atoms with E-state index in [1.807, 2.05) is 61.5 Å². The summed E-state index contributed by atoms with van der Waals surface area (Å²) in [4.78, 5) is 13.9. The first-order chi connectivity index (χ1) is 13.2. The number of thioether (sulfide) groups is 1. The number of hydrogen-bond donors (Lipinski definition) is 1. The molecule has 0 aliphatic carbocycles. The molecule has 0 heterocycles. The van der Waals surface area contributed by atoms with Gasteiger partial charge in [0.05, 0.1) is 12.3 Å². The second-order valence-corrected chi connectivity index (χ2v) is 6.96. The number of amides is 1. The maximum absolute atomic E-state index is 13.2. The van der Waals surface area contributed by atoms with Gasteiger partial charge in [0, 0.05) is 4.90 Å². The molecule has 3 rings (SSSR count). The second-order valence-electron chi connectivity index (χ2n) is 5.78. The monoisotopic (exact) mass is 381 g/mol. The lowest BCUT2D eigenvalue weighted by atomic mass is 10.1. The van der Waals surface area contributed by atoms with E-state index in [0.29, 0.717) is 18.0 Å². The third kappa shape index (κ3) is 5.11. The summed E-state index contributed by atoms with van der Waals surface area (Å²) in [6, 6.07) is 23.0. The number of nitrogens with one attached hydrogen (secondary N) is 1. The van der Waals surface area contributed by atoms with Crippen molar-refractivity contribution in [2.45, 2.75) is 17.1 Å². The van der Waals surface area contributed by atoms with Crippen LogP contribution in [0.3, 0.4) is 0 Å². The van der Waals surface area contributed by atoms with Gasteiger partial charge in [0.15, 0.2) is 0 Å². The van der Waals surface area contributed by atoms with Crippen molar-refractivity contribution in [3.8, 4) is 5.75 Å². The van der Waals surface area contributed by atoms with E-state index in [2.05, 4.69) is 5.32 Å². The molecule has 0 unspecified atom stereocenters. The molecule has 3 aromatic rings. The third-order valence-corrected chi connectivity index (χ3v) is 5.12. The van der Waals surface area contributed by atoms with Crippen LogP contribution in [-0.4, -0.2) is 12.5 Å². The van der Waals surface area contributed by atoms with Crippen LogP contribution in [-0.2, 0) is 4.79 Å². The molecule has 5 heteroatoms. The van der Waals surface area contributed by atoms with Gasteiger partial charge < -0.3 is 10.1 Å². The van der Waals surface area contributed by atoms with Crippen molar-refractivity contribution in [3.05, 3.63) is 90.2 Å². The summed E-state index contributed by atoms with van der Waals surface area (Å²) >= 11 is 1.38. The smallest absolute Gasteiger partial charge is 0.242 e. The lowest BCUT2D eigenvalue weighted by Crippen LogP contribution is -2.19. The first-order valence-corrected chi connectivity index (χ1v) is 9.55. The van der Waals surface area contributed by atoms with Crippen LogP contribution in [0.15, 0.2) is 83.8 Å². The minimum atomic E-state index is -0.480. The number of benzene rings is 3. The van der Waals surface area contributed by atoms with E-state index in [4.69, 9.17) is 4.74 Å². The van der Waals surface area contributed by atoms with Crippen molar-refractivity contribution in [2.75, 3.05) is 11.9 Å². The lowest BCUT2D eigenvalue weighted by Gasteiger charge is -2.18. The molecule has 0 aromatic heterocycles. The molecule has 1 atom stereocenters. The van der Waals surface area contributed by atoms with Gasteiger partial charge >= 0.3 is 0 Å². The topological polar surface area (TPSA) is 38.3 Å². The average molecular weight is 381 g/mol. The second kappa shape index (κ2) is 9.24. The molecular formula is C22H20FNO2S. The fourth-order valence-electron chi connectivity index (χ4n) is 2.60. The Bertz CT molecular complexity index is 884. The van der Waals surface area contributed by atoms with Crippen LogP contribution >= 0.6 is 11.8 Å². The molecule has 0 fully saturated rings. The molecule has 0 spiro atoms. The van der Waals surface area contributed by atoms with Gasteiger partial charge in [-0.25, -0.2) is 4.39 Å². The molecule has 27 heavy (non-hydrogen) atoms. The predicted molar refractivity (Wildman–Crippen MR) is 108 cm³/mol. The zero-order valence-electron chi connectivity index (χ0n) is 14.9. The largest absolute Gasteiger partial charge is 0.492 e. The minimum absolute atomic E-state index is 0.164. The van der Waals surface area contributed by atoms with Crippen molar-refractivity contribution in [1.82, 2.24) is 0 Å². The van der Waals surface area contributed by atoms with Gasteiger partial charge in [0.25, 0.3) is 0 Å². The van der Waals surface area contributed by atoms with E-state index >= 15 is 0 Å². The number of halogens is 1. The lowest BCUT2D eigenvalue weighted by molar-refractivity contribution is -0.115. The predicted octanol–water partition coefficient (Wildman–Crippen LogP) is 5.70. The van der Waals surface area contributed by atoms with Crippen molar-refractivity contribution >= 4 is 23.4 Å². The highest BCUT2D eigenvalue weighted by Crippen LogP contribution is 2.37. The number of para-hydroxylation sites is 2. The number of carbonyl (C=O) groups excluding carboxylic acids is 1. The summed E-state index contributed by atoms with van der Waals surface area (Å²) in [6.45, 7) is 2.41. The summed E-state index contributed by atoms with van der Waals surface area (Å²) in [7, 11) is 0. The van der Waals surface area contributed by atoms with Gasteiger partial charge in [-0.3, -0.25) is 4.79 Å². The zero-order chi connectivity index (χ0) is 19.1. The standard InChI is InChI=1S/C22H20FNO2S/c1-2-26-20-11-7-6-10-19(20)24-22(25)21(16-8-4-3-5-9-16)27-18-14-12-17(23)13-15-18/h3-15,21H,2H2,1H3,(H,24,25)/t21-/m1/s1. The molecule has 0 bridgehead atoms. The summed E-state index contributed by atoms with van der Waals surface area (Å²) in [5.74, 6) is 0.167. The Morgan fingerprint density at radius 2 is 1.67 bits per heavy atom. The molecule has 1 N–H and O–H groups in total. The Hall–Kier alpha value is -2.79. The van der Waals surface area contributed by atoms with E-state index in [-0.39, 0.29) is 11.7 Å². The number of ether oxygens (including phenoxy) is 1. The summed E-state index contributed by atoms with van der Waals surface area (Å²) in [5.41, 5.74) is 1.50. The average Bonchev–Trinajstić information content (AvgIpc) is 2.70. The Labute approximate surface area is 162 Å². The van der Waals surface area contributed by atoms with Gasteiger partial charge in [-0.1, -0.05) is 42.5 Å². The van der Waals surface area contributed by atoms with E-state index in [1.54, 1.807) is 12.1 Å². The Morgan fingerprint density at radius 3 is 2.37 bits per heavy atom. The molecule has 0 aliphatic heterocycles. The Balaban J connectivity index is 1.86. The summed E-state index contributed by atoms with van der Waals surface area (Å²) < 4.78 is 18.8.